The number of halogens is 2. The van der Waals surface area contributed by atoms with Gasteiger partial charge in [0.05, 0.1) is 11.5 Å². The fraction of sp³-hybridized carbons (Fsp3) is 0.429. The number of rotatable bonds is 8. The van der Waals surface area contributed by atoms with E-state index in [0.717, 1.165) is 11.1 Å². The third-order valence-corrected chi connectivity index (χ3v) is 7.67. The van der Waals surface area contributed by atoms with E-state index in [4.69, 9.17) is 23.2 Å². The molecule has 0 aromatic heterocycles. The number of Topliss-reactive ketones (excluding diaryl/α,β-unsaturated/α-hetero) is 1. The van der Waals surface area contributed by atoms with Crippen LogP contribution in [0.5, 0.6) is 0 Å². The van der Waals surface area contributed by atoms with E-state index in [1.807, 2.05) is 74.2 Å². The standard InChI is InChI=1S/C28H33Cl2NO2/c1-6-15-28(5)17-24(21-9-8-10-23(30)16-21)26(20-11-13-22(29)14-12-20)31(27(28)33)25(7-2)18(3)19(4)32/h6,8-14,16,18,24-26H,1,7,15,17H2,2-5H3/t18-,24-,25?,26-,28+/m1/s1. The van der Waals surface area contributed by atoms with Gasteiger partial charge in [-0.15, -0.1) is 6.58 Å². The Balaban J connectivity index is 2.27. The molecule has 1 unspecified atom stereocenters. The second-order valence-electron chi connectivity index (χ2n) is 9.50. The smallest absolute Gasteiger partial charge is 0.229 e. The molecule has 0 spiro atoms. The van der Waals surface area contributed by atoms with Crippen LogP contribution in [0.4, 0.5) is 0 Å². The third-order valence-electron chi connectivity index (χ3n) is 7.18. The summed E-state index contributed by atoms with van der Waals surface area (Å²) in [5, 5.41) is 1.31. The molecule has 0 bridgehead atoms. The van der Waals surface area contributed by atoms with Gasteiger partial charge in [0, 0.05) is 27.9 Å². The summed E-state index contributed by atoms with van der Waals surface area (Å²) in [6, 6.07) is 15.1. The average molecular weight is 486 g/mol. The van der Waals surface area contributed by atoms with Crippen LogP contribution in [-0.2, 0) is 9.59 Å². The third kappa shape index (κ3) is 5.20. The summed E-state index contributed by atoms with van der Waals surface area (Å²) in [4.78, 5) is 28.6. The van der Waals surface area contributed by atoms with E-state index in [1.165, 1.54) is 0 Å². The number of hydrogen-bond acceptors (Lipinski definition) is 2. The van der Waals surface area contributed by atoms with Crippen molar-refractivity contribution in [2.45, 2.75) is 65.0 Å². The van der Waals surface area contributed by atoms with Crippen molar-refractivity contribution in [3.63, 3.8) is 0 Å². The summed E-state index contributed by atoms with van der Waals surface area (Å²) in [5.41, 5.74) is 1.47. The summed E-state index contributed by atoms with van der Waals surface area (Å²) < 4.78 is 0. The van der Waals surface area contributed by atoms with Gasteiger partial charge >= 0.3 is 0 Å². The highest BCUT2D eigenvalue weighted by Crippen LogP contribution is 2.52. The van der Waals surface area contributed by atoms with Crippen LogP contribution in [0.25, 0.3) is 0 Å². The summed E-state index contributed by atoms with van der Waals surface area (Å²) in [7, 11) is 0. The number of allylic oxidation sites excluding steroid dienone is 1. The van der Waals surface area contributed by atoms with Crippen LogP contribution in [-0.4, -0.2) is 22.6 Å². The van der Waals surface area contributed by atoms with Gasteiger partial charge in [-0.2, -0.15) is 0 Å². The van der Waals surface area contributed by atoms with Crippen molar-refractivity contribution in [2.75, 3.05) is 0 Å². The number of piperidine rings is 1. The number of likely N-dealkylation sites (tertiary alicyclic amines) is 1. The lowest BCUT2D eigenvalue weighted by Crippen LogP contribution is -2.57. The van der Waals surface area contributed by atoms with Crippen LogP contribution in [0.1, 0.15) is 70.0 Å². The predicted molar refractivity (Wildman–Crippen MR) is 137 cm³/mol. The Kier molecular flexibility index (Phi) is 8.08. The Labute approximate surface area is 207 Å². The first kappa shape index (κ1) is 25.5. The Hall–Kier alpha value is -2.10. The quantitative estimate of drug-likeness (QED) is 0.360. The maximum absolute atomic E-state index is 14.2. The fourth-order valence-electron chi connectivity index (χ4n) is 5.31. The van der Waals surface area contributed by atoms with E-state index in [2.05, 4.69) is 12.6 Å². The largest absolute Gasteiger partial charge is 0.331 e. The van der Waals surface area contributed by atoms with E-state index in [-0.39, 0.29) is 35.6 Å². The number of carbonyl (C=O) groups is 2. The Morgan fingerprint density at radius 1 is 1.18 bits per heavy atom. The van der Waals surface area contributed by atoms with Crippen LogP contribution in [0, 0.1) is 11.3 Å². The normalized spacial score (nSPS) is 24.9. The molecule has 2 aromatic rings. The van der Waals surface area contributed by atoms with E-state index < -0.39 is 5.41 Å². The SMILES string of the molecule is C=CC[C@@]1(C)C[C@H](c2cccc(Cl)c2)[C@@H](c2ccc(Cl)cc2)N(C(CC)[C@H](C)C(C)=O)C1=O. The molecular formula is C28H33Cl2NO2. The molecule has 1 fully saturated rings. The van der Waals surface area contributed by atoms with Crippen LogP contribution in [0.15, 0.2) is 61.2 Å². The topological polar surface area (TPSA) is 37.4 Å². The van der Waals surface area contributed by atoms with Gasteiger partial charge in [0.2, 0.25) is 5.91 Å². The number of amides is 1. The monoisotopic (exact) mass is 485 g/mol. The summed E-state index contributed by atoms with van der Waals surface area (Å²) in [6.07, 6.45) is 3.73. The molecule has 0 saturated carbocycles. The molecule has 0 N–H and O–H groups in total. The van der Waals surface area contributed by atoms with E-state index in [1.54, 1.807) is 6.92 Å². The second-order valence-corrected chi connectivity index (χ2v) is 10.4. The van der Waals surface area contributed by atoms with E-state index in [9.17, 15) is 9.59 Å². The Bertz CT molecular complexity index is 1020. The minimum atomic E-state index is -0.623. The first-order valence-corrected chi connectivity index (χ1v) is 12.3. The highest BCUT2D eigenvalue weighted by atomic mass is 35.5. The molecule has 3 rings (SSSR count). The summed E-state index contributed by atoms with van der Waals surface area (Å²) in [5.74, 6) is -0.124. The lowest BCUT2D eigenvalue weighted by Gasteiger charge is -2.53. The molecule has 1 amide bonds. The summed E-state index contributed by atoms with van der Waals surface area (Å²) >= 11 is 12.6. The molecule has 1 heterocycles. The maximum Gasteiger partial charge on any atom is 0.229 e. The van der Waals surface area contributed by atoms with Crippen molar-refractivity contribution in [1.82, 2.24) is 4.90 Å². The van der Waals surface area contributed by atoms with Gasteiger partial charge < -0.3 is 4.90 Å². The number of carbonyl (C=O) groups excluding carboxylic acids is 2. The molecule has 5 heteroatoms. The van der Waals surface area contributed by atoms with Gasteiger partial charge in [-0.05, 0) is 61.6 Å². The van der Waals surface area contributed by atoms with Crippen molar-refractivity contribution in [2.24, 2.45) is 11.3 Å². The van der Waals surface area contributed by atoms with Crippen molar-refractivity contribution in [3.05, 3.63) is 82.4 Å². The van der Waals surface area contributed by atoms with Crippen molar-refractivity contribution in [3.8, 4) is 0 Å². The predicted octanol–water partition coefficient (Wildman–Crippen LogP) is 7.64. The molecule has 0 radical (unpaired) electrons. The van der Waals surface area contributed by atoms with Crippen molar-refractivity contribution in [1.29, 1.82) is 0 Å². The Morgan fingerprint density at radius 2 is 1.85 bits per heavy atom. The molecule has 0 aliphatic carbocycles. The maximum atomic E-state index is 14.2. The van der Waals surface area contributed by atoms with E-state index >= 15 is 0 Å². The minimum Gasteiger partial charge on any atom is -0.331 e. The number of ketones is 1. The number of hydrogen-bond donors (Lipinski definition) is 0. The molecule has 3 nitrogen and oxygen atoms in total. The van der Waals surface area contributed by atoms with Crippen LogP contribution < -0.4 is 0 Å². The average Bonchev–Trinajstić information content (AvgIpc) is 2.77. The molecule has 1 saturated heterocycles. The minimum absolute atomic E-state index is 0.000679. The zero-order valence-electron chi connectivity index (χ0n) is 19.9. The van der Waals surface area contributed by atoms with Crippen molar-refractivity contribution < 1.29 is 9.59 Å². The number of nitrogens with zero attached hydrogens (tertiary/aromatic N) is 1. The van der Waals surface area contributed by atoms with Crippen LogP contribution in [0.3, 0.4) is 0 Å². The molecule has 1 aliphatic heterocycles. The first-order chi connectivity index (χ1) is 15.6. The zero-order chi connectivity index (χ0) is 24.3. The lowest BCUT2D eigenvalue weighted by molar-refractivity contribution is -0.157. The first-order valence-electron chi connectivity index (χ1n) is 11.6. The van der Waals surface area contributed by atoms with E-state index in [0.29, 0.717) is 29.3 Å². The van der Waals surface area contributed by atoms with Gasteiger partial charge in [0.1, 0.15) is 5.78 Å². The van der Waals surface area contributed by atoms with Gasteiger partial charge in [-0.3, -0.25) is 9.59 Å². The fourth-order valence-corrected chi connectivity index (χ4v) is 5.64. The molecule has 33 heavy (non-hydrogen) atoms. The summed E-state index contributed by atoms with van der Waals surface area (Å²) in [6.45, 7) is 11.5. The molecule has 176 valence electrons. The van der Waals surface area contributed by atoms with Gasteiger partial charge in [0.25, 0.3) is 0 Å². The van der Waals surface area contributed by atoms with Gasteiger partial charge in [0.15, 0.2) is 0 Å². The molecular weight excluding hydrogens is 453 g/mol. The van der Waals surface area contributed by atoms with Gasteiger partial charge in [-0.25, -0.2) is 0 Å². The van der Waals surface area contributed by atoms with Gasteiger partial charge in [-0.1, -0.05) is 74.3 Å². The highest BCUT2D eigenvalue weighted by molar-refractivity contribution is 6.30. The Morgan fingerprint density at radius 3 is 2.39 bits per heavy atom. The highest BCUT2D eigenvalue weighted by Gasteiger charge is 2.51. The van der Waals surface area contributed by atoms with Crippen LogP contribution in [0.2, 0.25) is 10.0 Å². The number of benzene rings is 2. The second kappa shape index (κ2) is 10.4. The molecule has 1 aliphatic rings. The zero-order valence-corrected chi connectivity index (χ0v) is 21.4. The lowest BCUT2D eigenvalue weighted by atomic mass is 9.66. The van der Waals surface area contributed by atoms with Crippen LogP contribution >= 0.6 is 23.2 Å². The molecule has 5 atom stereocenters. The molecule has 2 aromatic carbocycles. The van der Waals surface area contributed by atoms with Crippen molar-refractivity contribution >= 4 is 34.9 Å².